The highest BCUT2D eigenvalue weighted by molar-refractivity contribution is 5.70. The third-order valence-electron chi connectivity index (χ3n) is 2.70. The molecule has 0 radical (unpaired) electrons. The molecule has 6 nitrogen and oxygen atoms in total. The average Bonchev–Trinajstić information content (AvgIpc) is 2.43. The van der Waals surface area contributed by atoms with Gasteiger partial charge in [0.2, 0.25) is 0 Å². The molecule has 0 aromatic heterocycles. The van der Waals surface area contributed by atoms with Crippen LogP contribution < -0.4 is 10.1 Å². The number of hydrogen-bond donors (Lipinski definition) is 1. The van der Waals surface area contributed by atoms with E-state index in [9.17, 15) is 9.59 Å². The number of carbonyl (C=O) groups excluding carboxylic acids is 2. The first kappa shape index (κ1) is 17.8. The van der Waals surface area contributed by atoms with Crippen molar-refractivity contribution in [2.24, 2.45) is 0 Å². The van der Waals surface area contributed by atoms with Crippen LogP contribution in [0.4, 0.5) is 4.79 Å². The molecule has 0 saturated heterocycles. The summed E-state index contributed by atoms with van der Waals surface area (Å²) in [6, 6.07) is 6.88. The minimum atomic E-state index is -0.532. The Kier molecular flexibility index (Phi) is 6.22. The molecule has 1 N–H and O–H groups in total. The highest BCUT2D eigenvalue weighted by Gasteiger charge is 2.18. The summed E-state index contributed by atoms with van der Waals surface area (Å²) in [5.41, 5.74) is 0.367. The minimum Gasteiger partial charge on any atom is -0.482 e. The van der Waals surface area contributed by atoms with Gasteiger partial charge in [0, 0.05) is 0 Å². The number of hydrogen-bond acceptors (Lipinski definition) is 5. The fourth-order valence-electron chi connectivity index (χ4n) is 1.62. The summed E-state index contributed by atoms with van der Waals surface area (Å²) in [6.45, 7) is 7.15. The Hall–Kier alpha value is -2.24. The summed E-state index contributed by atoms with van der Waals surface area (Å²) in [5.74, 6) is 0.114. The van der Waals surface area contributed by atoms with Gasteiger partial charge in [0.15, 0.2) is 6.61 Å². The Balaban J connectivity index is 2.55. The Morgan fingerprint density at radius 1 is 1.18 bits per heavy atom. The van der Waals surface area contributed by atoms with Crippen LogP contribution in [0.1, 0.15) is 39.3 Å². The maximum Gasteiger partial charge on any atom is 0.408 e. The van der Waals surface area contributed by atoms with Crippen molar-refractivity contribution in [3.8, 4) is 5.75 Å². The van der Waals surface area contributed by atoms with Crippen LogP contribution in [0.15, 0.2) is 24.3 Å². The zero-order chi connectivity index (χ0) is 16.8. The number of rotatable bonds is 5. The number of methoxy groups -OCH3 is 1. The van der Waals surface area contributed by atoms with Gasteiger partial charge in [-0.15, -0.1) is 0 Å². The van der Waals surface area contributed by atoms with E-state index in [1.54, 1.807) is 12.1 Å². The van der Waals surface area contributed by atoms with Gasteiger partial charge in [-0.2, -0.15) is 0 Å². The van der Waals surface area contributed by atoms with E-state index >= 15 is 0 Å². The SMILES string of the molecule is COC(=O)COc1ccc([C@@H](C)NC(=O)OC(C)(C)C)cc1. The van der Waals surface area contributed by atoms with Crippen LogP contribution in [0.25, 0.3) is 0 Å². The first-order valence-corrected chi connectivity index (χ1v) is 7.00. The maximum absolute atomic E-state index is 11.7. The molecular formula is C16H23NO5. The first-order valence-electron chi connectivity index (χ1n) is 7.00. The number of esters is 1. The standard InChI is InChI=1S/C16H23NO5/c1-11(17-15(19)22-16(2,3)4)12-6-8-13(9-7-12)21-10-14(18)20-5/h6-9,11H,10H2,1-5H3,(H,17,19)/t11-/m1/s1. The molecule has 1 rings (SSSR count). The molecule has 1 amide bonds. The molecule has 6 heteroatoms. The van der Waals surface area contributed by atoms with Gasteiger partial charge in [-0.25, -0.2) is 9.59 Å². The number of nitrogens with one attached hydrogen (secondary N) is 1. The van der Waals surface area contributed by atoms with E-state index in [0.717, 1.165) is 5.56 Å². The summed E-state index contributed by atoms with van der Waals surface area (Å²) >= 11 is 0. The van der Waals surface area contributed by atoms with Crippen LogP contribution in [0.3, 0.4) is 0 Å². The molecule has 0 bridgehead atoms. The molecule has 0 fully saturated rings. The highest BCUT2D eigenvalue weighted by atomic mass is 16.6. The van der Waals surface area contributed by atoms with E-state index in [4.69, 9.17) is 9.47 Å². The molecule has 22 heavy (non-hydrogen) atoms. The van der Waals surface area contributed by atoms with Gasteiger partial charge in [-0.05, 0) is 45.4 Å². The Bertz CT molecular complexity index is 504. The van der Waals surface area contributed by atoms with Crippen LogP contribution in [-0.4, -0.2) is 31.4 Å². The van der Waals surface area contributed by atoms with Crippen LogP contribution in [0.2, 0.25) is 0 Å². The maximum atomic E-state index is 11.7. The summed E-state index contributed by atoms with van der Waals surface area (Å²) < 4.78 is 15.0. The molecular weight excluding hydrogens is 286 g/mol. The quantitative estimate of drug-likeness (QED) is 0.847. The van der Waals surface area contributed by atoms with Gasteiger partial charge < -0.3 is 19.5 Å². The molecule has 0 heterocycles. The molecule has 0 unspecified atom stereocenters. The van der Waals surface area contributed by atoms with E-state index in [1.165, 1.54) is 7.11 Å². The first-order chi connectivity index (χ1) is 10.2. The zero-order valence-electron chi connectivity index (χ0n) is 13.6. The second-order valence-electron chi connectivity index (χ2n) is 5.80. The molecule has 122 valence electrons. The Labute approximate surface area is 130 Å². The van der Waals surface area contributed by atoms with Crippen molar-refractivity contribution >= 4 is 12.1 Å². The lowest BCUT2D eigenvalue weighted by atomic mass is 10.1. The molecule has 0 spiro atoms. The molecule has 0 aliphatic carbocycles. The Morgan fingerprint density at radius 2 is 1.77 bits per heavy atom. The number of amides is 1. The lowest BCUT2D eigenvalue weighted by Gasteiger charge is -2.22. The van der Waals surface area contributed by atoms with Gasteiger partial charge in [0.05, 0.1) is 13.2 Å². The van der Waals surface area contributed by atoms with Crippen LogP contribution >= 0.6 is 0 Å². The lowest BCUT2D eigenvalue weighted by Crippen LogP contribution is -2.34. The Morgan fingerprint density at radius 3 is 2.27 bits per heavy atom. The smallest absolute Gasteiger partial charge is 0.408 e. The predicted octanol–water partition coefficient (Wildman–Crippen LogP) is 2.82. The zero-order valence-corrected chi connectivity index (χ0v) is 13.6. The second kappa shape index (κ2) is 7.68. The minimum absolute atomic E-state index is 0.137. The van der Waals surface area contributed by atoms with Crippen LogP contribution in [0, 0.1) is 0 Å². The van der Waals surface area contributed by atoms with Crippen molar-refractivity contribution in [1.29, 1.82) is 0 Å². The van der Waals surface area contributed by atoms with Crippen molar-refractivity contribution in [2.75, 3.05) is 13.7 Å². The molecule has 0 aliphatic rings. The second-order valence-corrected chi connectivity index (χ2v) is 5.80. The summed E-state index contributed by atoms with van der Waals surface area (Å²) in [4.78, 5) is 22.7. The van der Waals surface area contributed by atoms with E-state index < -0.39 is 17.7 Å². The van der Waals surface area contributed by atoms with Gasteiger partial charge in [-0.3, -0.25) is 0 Å². The van der Waals surface area contributed by atoms with Crippen molar-refractivity contribution in [3.63, 3.8) is 0 Å². The van der Waals surface area contributed by atoms with Gasteiger partial charge >= 0.3 is 12.1 Å². The molecule has 1 aromatic carbocycles. The summed E-state index contributed by atoms with van der Waals surface area (Å²) in [5, 5.41) is 2.76. The molecule has 0 saturated carbocycles. The monoisotopic (exact) mass is 309 g/mol. The van der Waals surface area contributed by atoms with Crippen molar-refractivity contribution in [1.82, 2.24) is 5.32 Å². The van der Waals surface area contributed by atoms with E-state index in [0.29, 0.717) is 5.75 Å². The van der Waals surface area contributed by atoms with Crippen molar-refractivity contribution < 1.29 is 23.8 Å². The van der Waals surface area contributed by atoms with Crippen LogP contribution in [0.5, 0.6) is 5.75 Å². The fourth-order valence-corrected chi connectivity index (χ4v) is 1.62. The molecule has 0 aliphatic heterocycles. The van der Waals surface area contributed by atoms with E-state index in [1.807, 2.05) is 39.8 Å². The van der Waals surface area contributed by atoms with E-state index in [2.05, 4.69) is 10.1 Å². The van der Waals surface area contributed by atoms with Crippen LogP contribution in [-0.2, 0) is 14.3 Å². The largest absolute Gasteiger partial charge is 0.482 e. The van der Waals surface area contributed by atoms with Gasteiger partial charge in [-0.1, -0.05) is 12.1 Å². The fraction of sp³-hybridized carbons (Fsp3) is 0.500. The topological polar surface area (TPSA) is 73.9 Å². The summed E-state index contributed by atoms with van der Waals surface area (Å²) in [7, 11) is 1.30. The normalized spacial score (nSPS) is 12.2. The number of alkyl carbamates (subject to hydrolysis) is 1. The number of benzene rings is 1. The molecule has 1 aromatic rings. The van der Waals surface area contributed by atoms with Gasteiger partial charge in [0.1, 0.15) is 11.4 Å². The third-order valence-corrected chi connectivity index (χ3v) is 2.70. The number of carbonyl (C=O) groups is 2. The number of ether oxygens (including phenoxy) is 3. The predicted molar refractivity (Wildman–Crippen MR) is 81.7 cm³/mol. The highest BCUT2D eigenvalue weighted by Crippen LogP contribution is 2.18. The van der Waals surface area contributed by atoms with Crippen molar-refractivity contribution in [2.45, 2.75) is 39.3 Å². The van der Waals surface area contributed by atoms with E-state index in [-0.39, 0.29) is 12.6 Å². The lowest BCUT2D eigenvalue weighted by molar-refractivity contribution is -0.142. The third kappa shape index (κ3) is 6.47. The van der Waals surface area contributed by atoms with Crippen molar-refractivity contribution in [3.05, 3.63) is 29.8 Å². The summed E-state index contributed by atoms with van der Waals surface area (Å²) in [6.07, 6.45) is -0.467. The van der Waals surface area contributed by atoms with Gasteiger partial charge in [0.25, 0.3) is 0 Å². The molecule has 1 atom stereocenters. The average molecular weight is 309 g/mol.